The molecule has 0 bridgehead atoms. The van der Waals surface area contributed by atoms with E-state index in [0.29, 0.717) is 16.8 Å². The molecule has 3 rings (SSSR count). The van der Waals surface area contributed by atoms with Crippen LogP contribution in [-0.2, 0) is 4.79 Å². The van der Waals surface area contributed by atoms with Crippen LogP contribution in [0.5, 0.6) is 0 Å². The second-order valence-electron chi connectivity index (χ2n) is 5.01. The molecule has 0 fully saturated rings. The predicted molar refractivity (Wildman–Crippen MR) is 87.8 cm³/mol. The molecule has 0 unspecified atom stereocenters. The van der Waals surface area contributed by atoms with Gasteiger partial charge in [0.25, 0.3) is 11.6 Å². The van der Waals surface area contributed by atoms with Gasteiger partial charge >= 0.3 is 5.97 Å². The summed E-state index contributed by atoms with van der Waals surface area (Å²) < 4.78 is 0. The number of nitro groups is 1. The van der Waals surface area contributed by atoms with Crippen LogP contribution < -0.4 is 5.32 Å². The lowest BCUT2D eigenvalue weighted by Crippen LogP contribution is -2.04. The van der Waals surface area contributed by atoms with Crippen molar-refractivity contribution in [3.63, 3.8) is 0 Å². The first-order chi connectivity index (χ1) is 11.4. The number of hydrogen-bond donors (Lipinski definition) is 2. The van der Waals surface area contributed by atoms with Crippen molar-refractivity contribution in [2.45, 2.75) is 0 Å². The number of carbonyl (C=O) groups excluding carboxylic acids is 1. The van der Waals surface area contributed by atoms with Crippen molar-refractivity contribution in [2.75, 3.05) is 5.32 Å². The molecule has 0 saturated heterocycles. The minimum absolute atomic E-state index is 0.0240. The lowest BCUT2D eigenvalue weighted by Gasteiger charge is -2.05. The second-order valence-corrected chi connectivity index (χ2v) is 5.39. The Bertz CT molecular complexity index is 919. The highest BCUT2D eigenvalue weighted by Gasteiger charge is 2.28. The summed E-state index contributed by atoms with van der Waals surface area (Å²) in [5.74, 6) is -1.58. The third kappa shape index (κ3) is 2.61. The van der Waals surface area contributed by atoms with Crippen molar-refractivity contribution in [3.05, 3.63) is 69.3 Å². The van der Waals surface area contributed by atoms with Crippen molar-refractivity contribution < 1.29 is 19.6 Å². The van der Waals surface area contributed by atoms with Gasteiger partial charge in [-0.15, -0.1) is 0 Å². The summed E-state index contributed by atoms with van der Waals surface area (Å²) >= 11 is 6.30. The van der Waals surface area contributed by atoms with Gasteiger partial charge in [0.05, 0.1) is 21.1 Å². The van der Waals surface area contributed by atoms with E-state index in [-0.39, 0.29) is 21.9 Å². The van der Waals surface area contributed by atoms with Crippen LogP contribution in [-0.4, -0.2) is 21.9 Å². The number of amides is 1. The van der Waals surface area contributed by atoms with Gasteiger partial charge in [-0.3, -0.25) is 14.9 Å². The molecule has 0 atom stereocenters. The van der Waals surface area contributed by atoms with E-state index in [1.807, 2.05) is 0 Å². The topological polar surface area (TPSA) is 110 Å². The van der Waals surface area contributed by atoms with E-state index >= 15 is 0 Å². The monoisotopic (exact) mass is 344 g/mol. The van der Waals surface area contributed by atoms with Crippen molar-refractivity contribution in [1.29, 1.82) is 0 Å². The number of nitrogens with one attached hydrogen (secondary N) is 1. The molecule has 2 aromatic carbocycles. The molecule has 0 aromatic heterocycles. The van der Waals surface area contributed by atoms with E-state index in [0.717, 1.165) is 0 Å². The number of benzene rings is 2. The molecular weight excluding hydrogens is 336 g/mol. The third-order valence-electron chi connectivity index (χ3n) is 3.56. The average Bonchev–Trinajstić information content (AvgIpc) is 2.89. The Balaban J connectivity index is 2.12. The van der Waals surface area contributed by atoms with Gasteiger partial charge in [0.1, 0.15) is 0 Å². The van der Waals surface area contributed by atoms with E-state index < -0.39 is 16.8 Å². The molecule has 7 nitrogen and oxygen atoms in total. The van der Waals surface area contributed by atoms with Crippen LogP contribution in [0.4, 0.5) is 11.4 Å². The van der Waals surface area contributed by atoms with E-state index in [1.165, 1.54) is 42.5 Å². The van der Waals surface area contributed by atoms with Gasteiger partial charge in [0.15, 0.2) is 0 Å². The molecule has 0 radical (unpaired) electrons. The van der Waals surface area contributed by atoms with E-state index in [9.17, 15) is 19.7 Å². The highest BCUT2D eigenvalue weighted by atomic mass is 35.5. The summed E-state index contributed by atoms with van der Waals surface area (Å²) in [6.07, 6.45) is 0. The molecular formula is C16H9ClN2O5. The number of halogens is 1. The van der Waals surface area contributed by atoms with Gasteiger partial charge in [0.2, 0.25) is 0 Å². The van der Waals surface area contributed by atoms with Crippen molar-refractivity contribution in [3.8, 4) is 0 Å². The summed E-state index contributed by atoms with van der Waals surface area (Å²) in [5, 5.41) is 22.5. The summed E-state index contributed by atoms with van der Waals surface area (Å²) in [6.45, 7) is 0. The predicted octanol–water partition coefficient (Wildman–Crippen LogP) is 3.35. The second kappa shape index (κ2) is 5.78. The van der Waals surface area contributed by atoms with Crippen LogP contribution in [0.3, 0.4) is 0 Å². The Morgan fingerprint density at radius 2 is 1.75 bits per heavy atom. The molecule has 1 aliphatic rings. The van der Waals surface area contributed by atoms with Gasteiger partial charge in [-0.2, -0.15) is 0 Å². The van der Waals surface area contributed by atoms with Crippen molar-refractivity contribution >= 4 is 45.5 Å². The van der Waals surface area contributed by atoms with E-state index in [4.69, 9.17) is 16.7 Å². The van der Waals surface area contributed by atoms with Gasteiger partial charge in [0, 0.05) is 23.4 Å². The first kappa shape index (κ1) is 15.7. The van der Waals surface area contributed by atoms with Crippen LogP contribution in [0.2, 0.25) is 0 Å². The molecule has 0 aliphatic carbocycles. The zero-order chi connectivity index (χ0) is 17.4. The number of carbonyl (C=O) groups is 2. The highest BCUT2D eigenvalue weighted by Crippen LogP contribution is 2.39. The Morgan fingerprint density at radius 1 is 1.12 bits per heavy atom. The van der Waals surface area contributed by atoms with Crippen LogP contribution in [0, 0.1) is 10.1 Å². The number of hydrogen-bond acceptors (Lipinski definition) is 4. The Kier molecular flexibility index (Phi) is 3.78. The standard InChI is InChI=1S/C16H9ClN2O5/c17-14(8-1-4-10(5-2-8)19(23)24)13-11-7-9(16(21)22)3-6-12(11)18-15(13)20/h1-7H,(H,18,20)(H,21,22)/b14-13-. The lowest BCUT2D eigenvalue weighted by atomic mass is 10.0. The van der Waals surface area contributed by atoms with Crippen LogP contribution in [0.15, 0.2) is 42.5 Å². The Hall–Kier alpha value is -3.19. The smallest absolute Gasteiger partial charge is 0.335 e. The summed E-state index contributed by atoms with van der Waals surface area (Å²) in [6, 6.07) is 9.64. The summed E-state index contributed by atoms with van der Waals surface area (Å²) in [4.78, 5) is 33.5. The molecule has 8 heteroatoms. The van der Waals surface area contributed by atoms with Crippen molar-refractivity contribution in [2.24, 2.45) is 0 Å². The Labute approximate surface area is 140 Å². The molecule has 1 aliphatic heterocycles. The number of non-ortho nitro benzene ring substituents is 1. The average molecular weight is 345 g/mol. The molecule has 0 saturated carbocycles. The molecule has 1 heterocycles. The maximum atomic E-state index is 12.2. The minimum Gasteiger partial charge on any atom is -0.478 e. The third-order valence-corrected chi connectivity index (χ3v) is 3.97. The zero-order valence-corrected chi connectivity index (χ0v) is 12.7. The molecule has 120 valence electrons. The maximum Gasteiger partial charge on any atom is 0.335 e. The van der Waals surface area contributed by atoms with Crippen molar-refractivity contribution in [1.82, 2.24) is 0 Å². The van der Waals surface area contributed by atoms with Crippen LogP contribution >= 0.6 is 11.6 Å². The Morgan fingerprint density at radius 3 is 2.33 bits per heavy atom. The SMILES string of the molecule is O=C1Nc2ccc(C(=O)O)cc2/C1=C(/Cl)c1ccc([N+](=O)[O-])cc1. The number of fused-ring (bicyclic) bond motifs is 1. The molecule has 0 spiro atoms. The number of nitro benzene ring substituents is 1. The quantitative estimate of drug-likeness (QED) is 0.504. The number of carboxylic acids is 1. The maximum absolute atomic E-state index is 12.2. The van der Waals surface area contributed by atoms with E-state index in [2.05, 4.69) is 5.32 Å². The molecule has 2 N–H and O–H groups in total. The summed E-state index contributed by atoms with van der Waals surface area (Å²) in [7, 11) is 0. The van der Waals surface area contributed by atoms with Gasteiger partial charge in [-0.1, -0.05) is 11.6 Å². The largest absolute Gasteiger partial charge is 0.478 e. The minimum atomic E-state index is -1.12. The highest BCUT2D eigenvalue weighted by molar-refractivity contribution is 6.59. The molecule has 24 heavy (non-hydrogen) atoms. The number of anilines is 1. The normalized spacial score (nSPS) is 14.8. The zero-order valence-electron chi connectivity index (χ0n) is 11.9. The first-order valence-electron chi connectivity index (χ1n) is 6.72. The fourth-order valence-electron chi connectivity index (χ4n) is 2.39. The molecule has 2 aromatic rings. The van der Waals surface area contributed by atoms with Crippen LogP contribution in [0.25, 0.3) is 10.6 Å². The lowest BCUT2D eigenvalue weighted by molar-refractivity contribution is -0.384. The van der Waals surface area contributed by atoms with E-state index in [1.54, 1.807) is 0 Å². The number of rotatable bonds is 3. The molecule has 1 amide bonds. The number of nitrogens with zero attached hydrogens (tertiary/aromatic N) is 1. The fourth-order valence-corrected chi connectivity index (χ4v) is 2.71. The first-order valence-corrected chi connectivity index (χ1v) is 7.10. The van der Waals surface area contributed by atoms with Crippen LogP contribution in [0.1, 0.15) is 21.5 Å². The number of aromatic carboxylic acids is 1. The van der Waals surface area contributed by atoms with Gasteiger partial charge in [-0.05, 0) is 35.9 Å². The van der Waals surface area contributed by atoms with Gasteiger partial charge < -0.3 is 10.4 Å². The fraction of sp³-hybridized carbons (Fsp3) is 0. The summed E-state index contributed by atoms with van der Waals surface area (Å²) in [5.41, 5.74) is 1.31. The number of carboxylic acid groups (broad SMARTS) is 1. The van der Waals surface area contributed by atoms with Gasteiger partial charge in [-0.25, -0.2) is 4.79 Å².